The Morgan fingerprint density at radius 1 is 1.19 bits per heavy atom. The van der Waals surface area contributed by atoms with E-state index in [0.717, 1.165) is 5.56 Å². The van der Waals surface area contributed by atoms with Gasteiger partial charge < -0.3 is 0 Å². The minimum Gasteiger partial charge on any atom is -0.207 e. The van der Waals surface area contributed by atoms with E-state index in [1.807, 2.05) is 16.8 Å². The Morgan fingerprint density at radius 3 is 2.44 bits per heavy atom. The molecule has 0 bridgehead atoms. The zero-order chi connectivity index (χ0) is 11.5. The molecular weight excluding hydrogens is 250 g/mol. The summed E-state index contributed by atoms with van der Waals surface area (Å²) in [5.74, 6) is -1.18. The second-order valence-corrected chi connectivity index (χ2v) is 4.75. The Morgan fingerprint density at radius 2 is 1.88 bits per heavy atom. The first-order valence-electron chi connectivity index (χ1n) is 4.77. The molecule has 0 N–H and O–H groups in total. The molecule has 0 aliphatic carbocycles. The maximum absolute atomic E-state index is 13.4. The van der Waals surface area contributed by atoms with Crippen LogP contribution in [0.2, 0.25) is 0 Å². The fourth-order valence-corrected chi connectivity index (χ4v) is 2.60. The van der Waals surface area contributed by atoms with E-state index in [1.54, 1.807) is 0 Å². The molecule has 2 rings (SSSR count). The summed E-state index contributed by atoms with van der Waals surface area (Å²) in [5, 5.41) is 3.17. The Kier molecular flexibility index (Phi) is 3.56. The molecule has 0 radical (unpaired) electrons. The van der Waals surface area contributed by atoms with Crippen molar-refractivity contribution in [3.8, 4) is 0 Å². The molecule has 4 heteroatoms. The summed E-state index contributed by atoms with van der Waals surface area (Å²) < 4.78 is 26.8. The fraction of sp³-hybridized carbons (Fsp3) is 0.167. The number of hydrogen-bond acceptors (Lipinski definition) is 1. The quantitative estimate of drug-likeness (QED) is 0.709. The lowest BCUT2D eigenvalue weighted by Gasteiger charge is -2.10. The highest BCUT2D eigenvalue weighted by Gasteiger charge is 2.18. The first kappa shape index (κ1) is 11.6. The van der Waals surface area contributed by atoms with Crippen molar-refractivity contribution < 1.29 is 8.78 Å². The molecule has 1 heterocycles. The van der Waals surface area contributed by atoms with Crippen LogP contribution in [0.15, 0.2) is 35.0 Å². The number of rotatable bonds is 3. The molecular formula is C12H9ClF2S. The van der Waals surface area contributed by atoms with Gasteiger partial charge in [-0.1, -0.05) is 6.07 Å². The third-order valence-electron chi connectivity index (χ3n) is 2.31. The van der Waals surface area contributed by atoms with Gasteiger partial charge in [0.1, 0.15) is 11.6 Å². The van der Waals surface area contributed by atoms with E-state index in [1.165, 1.54) is 29.5 Å². The maximum atomic E-state index is 13.4. The summed E-state index contributed by atoms with van der Waals surface area (Å²) in [5.41, 5.74) is 0.947. The van der Waals surface area contributed by atoms with Crippen LogP contribution in [-0.4, -0.2) is 0 Å². The van der Waals surface area contributed by atoms with Crippen molar-refractivity contribution in [2.24, 2.45) is 0 Å². The SMILES string of the molecule is Fc1cccc(F)c1C(Cl)Cc1ccsc1. The van der Waals surface area contributed by atoms with Crippen molar-refractivity contribution in [1.82, 2.24) is 0 Å². The Balaban J connectivity index is 2.24. The first-order chi connectivity index (χ1) is 7.68. The van der Waals surface area contributed by atoms with Crippen molar-refractivity contribution in [3.05, 3.63) is 57.8 Å². The summed E-state index contributed by atoms with van der Waals surface area (Å²) in [6.07, 6.45) is 0.433. The molecule has 1 aromatic heterocycles. The molecule has 16 heavy (non-hydrogen) atoms. The average Bonchev–Trinajstić information content (AvgIpc) is 2.70. The standard InChI is InChI=1S/C12H9ClF2S/c13-9(6-8-4-5-16-7-8)12-10(14)2-1-3-11(12)15/h1-5,7,9H,6H2. The third kappa shape index (κ3) is 2.42. The monoisotopic (exact) mass is 258 g/mol. The van der Waals surface area contributed by atoms with E-state index < -0.39 is 17.0 Å². The number of hydrogen-bond donors (Lipinski definition) is 0. The van der Waals surface area contributed by atoms with Gasteiger partial charge in [0, 0.05) is 5.56 Å². The highest BCUT2D eigenvalue weighted by atomic mass is 35.5. The van der Waals surface area contributed by atoms with E-state index in [2.05, 4.69) is 0 Å². The van der Waals surface area contributed by atoms with Crippen LogP contribution in [0, 0.1) is 11.6 Å². The summed E-state index contributed by atoms with van der Waals surface area (Å²) in [6, 6.07) is 5.68. The van der Waals surface area contributed by atoms with E-state index in [0.29, 0.717) is 6.42 Å². The minimum absolute atomic E-state index is 0.0460. The smallest absolute Gasteiger partial charge is 0.130 e. The molecule has 84 valence electrons. The first-order valence-corrected chi connectivity index (χ1v) is 6.15. The van der Waals surface area contributed by atoms with Gasteiger partial charge in [-0.05, 0) is 40.9 Å². The minimum atomic E-state index is -0.671. The molecule has 0 saturated carbocycles. The summed E-state index contributed by atoms with van der Waals surface area (Å²) >= 11 is 7.57. The molecule has 2 aromatic rings. The molecule has 0 aliphatic rings. The van der Waals surface area contributed by atoms with Gasteiger partial charge in [-0.2, -0.15) is 11.3 Å². The highest BCUT2D eigenvalue weighted by molar-refractivity contribution is 7.07. The normalized spacial score (nSPS) is 12.7. The van der Waals surface area contributed by atoms with Crippen molar-refractivity contribution in [1.29, 1.82) is 0 Å². The molecule has 1 unspecified atom stereocenters. The highest BCUT2D eigenvalue weighted by Crippen LogP contribution is 2.29. The van der Waals surface area contributed by atoms with Crippen LogP contribution in [-0.2, 0) is 6.42 Å². The third-order valence-corrected chi connectivity index (χ3v) is 3.41. The predicted octanol–water partition coefficient (Wildman–Crippen LogP) is 4.55. The van der Waals surface area contributed by atoms with Gasteiger partial charge in [-0.15, -0.1) is 11.6 Å². The summed E-state index contributed by atoms with van der Waals surface area (Å²) in [7, 11) is 0. The van der Waals surface area contributed by atoms with Crippen LogP contribution in [0.4, 0.5) is 8.78 Å². The summed E-state index contributed by atoms with van der Waals surface area (Å²) in [6.45, 7) is 0. The maximum Gasteiger partial charge on any atom is 0.130 e. The van der Waals surface area contributed by atoms with Crippen LogP contribution >= 0.6 is 22.9 Å². The molecule has 1 aromatic carbocycles. The molecule has 0 saturated heterocycles. The van der Waals surface area contributed by atoms with Gasteiger partial charge in [0.15, 0.2) is 0 Å². The topological polar surface area (TPSA) is 0 Å². The molecule has 0 spiro atoms. The number of thiophene rings is 1. The van der Waals surface area contributed by atoms with Gasteiger partial charge in [-0.25, -0.2) is 8.78 Å². The lowest BCUT2D eigenvalue weighted by atomic mass is 10.1. The average molecular weight is 259 g/mol. The van der Waals surface area contributed by atoms with Crippen molar-refractivity contribution in [2.45, 2.75) is 11.8 Å². The molecule has 0 amide bonds. The van der Waals surface area contributed by atoms with Crippen LogP contribution in [0.25, 0.3) is 0 Å². The second-order valence-electron chi connectivity index (χ2n) is 3.44. The zero-order valence-electron chi connectivity index (χ0n) is 8.29. The summed E-state index contributed by atoms with van der Waals surface area (Å²) in [4.78, 5) is 0. The second kappa shape index (κ2) is 4.93. The van der Waals surface area contributed by atoms with Crippen molar-refractivity contribution in [3.63, 3.8) is 0 Å². The van der Waals surface area contributed by atoms with E-state index >= 15 is 0 Å². The Bertz CT molecular complexity index is 448. The molecule has 1 atom stereocenters. The Labute approximate surface area is 101 Å². The van der Waals surface area contributed by atoms with Crippen LogP contribution in [0.1, 0.15) is 16.5 Å². The van der Waals surface area contributed by atoms with E-state index in [4.69, 9.17) is 11.6 Å². The molecule has 0 nitrogen and oxygen atoms in total. The fourth-order valence-electron chi connectivity index (χ4n) is 1.53. The largest absolute Gasteiger partial charge is 0.207 e. The van der Waals surface area contributed by atoms with Gasteiger partial charge in [0.25, 0.3) is 0 Å². The van der Waals surface area contributed by atoms with Crippen molar-refractivity contribution in [2.75, 3.05) is 0 Å². The van der Waals surface area contributed by atoms with Gasteiger partial charge in [0.05, 0.1) is 5.38 Å². The van der Waals surface area contributed by atoms with Crippen LogP contribution < -0.4 is 0 Å². The number of halogens is 3. The number of benzene rings is 1. The van der Waals surface area contributed by atoms with Crippen LogP contribution in [0.5, 0.6) is 0 Å². The predicted molar refractivity (Wildman–Crippen MR) is 63.0 cm³/mol. The zero-order valence-corrected chi connectivity index (χ0v) is 9.86. The molecule has 0 fully saturated rings. The van der Waals surface area contributed by atoms with Crippen LogP contribution in [0.3, 0.4) is 0 Å². The van der Waals surface area contributed by atoms with E-state index in [-0.39, 0.29) is 5.56 Å². The lowest BCUT2D eigenvalue weighted by Crippen LogP contribution is -2.01. The van der Waals surface area contributed by atoms with E-state index in [9.17, 15) is 8.78 Å². The van der Waals surface area contributed by atoms with Crippen molar-refractivity contribution >= 4 is 22.9 Å². The number of alkyl halides is 1. The van der Waals surface area contributed by atoms with Gasteiger partial charge >= 0.3 is 0 Å². The van der Waals surface area contributed by atoms with Gasteiger partial charge in [-0.3, -0.25) is 0 Å². The van der Waals surface area contributed by atoms with Gasteiger partial charge in [0.2, 0.25) is 0 Å². The Hall–Kier alpha value is -0.930. The lowest BCUT2D eigenvalue weighted by molar-refractivity contribution is 0.551. The molecule has 0 aliphatic heterocycles.